The third-order valence-electron chi connectivity index (χ3n) is 2.88. The van der Waals surface area contributed by atoms with Crippen LogP contribution >= 0.6 is 15.9 Å². The summed E-state index contributed by atoms with van der Waals surface area (Å²) in [5.41, 5.74) is 1.39. The summed E-state index contributed by atoms with van der Waals surface area (Å²) >= 11 is 3.45. The number of ether oxygens (including phenoxy) is 1. The highest BCUT2D eigenvalue weighted by Crippen LogP contribution is 2.27. The molecule has 0 unspecified atom stereocenters. The summed E-state index contributed by atoms with van der Waals surface area (Å²) < 4.78 is 10.4. The van der Waals surface area contributed by atoms with Gasteiger partial charge in [0, 0.05) is 9.86 Å². The van der Waals surface area contributed by atoms with Gasteiger partial charge in [0.05, 0.1) is 12.6 Å². The van der Waals surface area contributed by atoms with Crippen LogP contribution in [0, 0.1) is 0 Å². The number of fused-ring (bicyclic) bond motifs is 1. The Labute approximate surface area is 128 Å². The number of nitrogens with zero attached hydrogens (tertiary/aromatic N) is 3. The van der Waals surface area contributed by atoms with Crippen molar-refractivity contribution in [2.45, 2.75) is 6.42 Å². The molecule has 2 heterocycles. The van der Waals surface area contributed by atoms with E-state index in [0.717, 1.165) is 15.4 Å². The molecule has 3 aromatic rings. The van der Waals surface area contributed by atoms with E-state index < -0.39 is 5.97 Å². The molecule has 0 N–H and O–H groups in total. The molecule has 0 aliphatic heterocycles. The minimum absolute atomic E-state index is 0.0608. The number of esters is 1. The number of carbonyl (C=O) groups is 1. The van der Waals surface area contributed by atoms with Gasteiger partial charge in [-0.3, -0.25) is 4.79 Å². The van der Waals surface area contributed by atoms with E-state index in [9.17, 15) is 4.79 Å². The molecule has 7 heteroatoms. The van der Waals surface area contributed by atoms with Gasteiger partial charge in [0.25, 0.3) is 0 Å². The second-order valence-electron chi connectivity index (χ2n) is 4.28. The molecule has 0 aliphatic rings. The van der Waals surface area contributed by atoms with E-state index in [1.54, 1.807) is 0 Å². The van der Waals surface area contributed by atoms with Crippen LogP contribution in [0.2, 0.25) is 0 Å². The molecule has 3 rings (SSSR count). The maximum absolute atomic E-state index is 11.2. The molecule has 0 aliphatic carbocycles. The maximum Gasteiger partial charge on any atom is 0.315 e. The summed E-state index contributed by atoms with van der Waals surface area (Å²) in [6.45, 7) is 0. The first kappa shape index (κ1) is 13.7. The molecule has 0 spiro atoms. The van der Waals surface area contributed by atoms with E-state index in [0.29, 0.717) is 11.5 Å². The third-order valence-corrected chi connectivity index (χ3v) is 3.49. The van der Waals surface area contributed by atoms with Gasteiger partial charge in [-0.05, 0) is 28.1 Å². The number of benzene rings is 1. The number of aromatic nitrogens is 3. The molecule has 21 heavy (non-hydrogen) atoms. The van der Waals surface area contributed by atoms with Crippen molar-refractivity contribution in [3.8, 4) is 11.5 Å². The van der Waals surface area contributed by atoms with Gasteiger partial charge in [-0.25, -0.2) is 4.98 Å². The standard InChI is InChI=1S/C14H10BrN3O3/c1-20-12(19)7-11-17-14(18-21-11)13-9(15)6-8-4-2-3-5-10(8)16-13/h2-6H,7H2,1H3. The van der Waals surface area contributed by atoms with E-state index in [-0.39, 0.29) is 12.3 Å². The molecule has 0 amide bonds. The minimum Gasteiger partial charge on any atom is -0.469 e. The Hall–Kier alpha value is -2.28. The molecule has 0 atom stereocenters. The number of carbonyl (C=O) groups excluding carboxylic acids is 1. The van der Waals surface area contributed by atoms with Crippen LogP contribution in [0.3, 0.4) is 0 Å². The number of hydrogen-bond donors (Lipinski definition) is 0. The lowest BCUT2D eigenvalue weighted by Gasteiger charge is -2.02. The molecule has 1 aromatic carbocycles. The number of methoxy groups -OCH3 is 1. The molecule has 2 aromatic heterocycles. The van der Waals surface area contributed by atoms with Crippen LogP contribution in [-0.2, 0) is 16.0 Å². The molecule has 106 valence electrons. The Morgan fingerprint density at radius 3 is 2.95 bits per heavy atom. The molecule has 0 bridgehead atoms. The first-order valence-corrected chi connectivity index (χ1v) is 6.92. The van der Waals surface area contributed by atoms with Gasteiger partial charge in [0.15, 0.2) is 0 Å². The number of rotatable bonds is 3. The smallest absolute Gasteiger partial charge is 0.315 e. The Bertz CT molecular complexity index is 816. The number of halogens is 1. The number of para-hydroxylation sites is 1. The second-order valence-corrected chi connectivity index (χ2v) is 5.13. The summed E-state index contributed by atoms with van der Waals surface area (Å²) in [5, 5.41) is 4.86. The summed E-state index contributed by atoms with van der Waals surface area (Å²) in [5.74, 6) is 0.0842. The second kappa shape index (κ2) is 5.61. The van der Waals surface area contributed by atoms with Crippen molar-refractivity contribution < 1.29 is 14.1 Å². The van der Waals surface area contributed by atoms with Crippen molar-refractivity contribution in [2.24, 2.45) is 0 Å². The van der Waals surface area contributed by atoms with Crippen LogP contribution in [0.5, 0.6) is 0 Å². The van der Waals surface area contributed by atoms with Crippen LogP contribution in [-0.4, -0.2) is 28.2 Å². The van der Waals surface area contributed by atoms with Crippen molar-refractivity contribution in [1.29, 1.82) is 0 Å². The fraction of sp³-hybridized carbons (Fsp3) is 0.143. The van der Waals surface area contributed by atoms with E-state index >= 15 is 0 Å². The van der Waals surface area contributed by atoms with E-state index in [1.807, 2.05) is 30.3 Å². The molecule has 0 saturated carbocycles. The average molecular weight is 348 g/mol. The number of pyridine rings is 1. The van der Waals surface area contributed by atoms with Crippen LogP contribution in [0.15, 0.2) is 39.3 Å². The highest BCUT2D eigenvalue weighted by Gasteiger charge is 2.16. The molecular formula is C14H10BrN3O3. The predicted molar refractivity (Wildman–Crippen MR) is 78.5 cm³/mol. The van der Waals surface area contributed by atoms with Crippen molar-refractivity contribution in [3.63, 3.8) is 0 Å². The molecule has 6 nitrogen and oxygen atoms in total. The van der Waals surface area contributed by atoms with Crippen molar-refractivity contribution >= 4 is 32.8 Å². The van der Waals surface area contributed by atoms with Gasteiger partial charge < -0.3 is 9.26 Å². The van der Waals surface area contributed by atoms with Gasteiger partial charge in [-0.1, -0.05) is 23.4 Å². The van der Waals surface area contributed by atoms with Crippen LogP contribution < -0.4 is 0 Å². The fourth-order valence-electron chi connectivity index (χ4n) is 1.87. The quantitative estimate of drug-likeness (QED) is 0.678. The Balaban J connectivity index is 2.00. The minimum atomic E-state index is -0.435. The zero-order valence-electron chi connectivity index (χ0n) is 11.0. The highest BCUT2D eigenvalue weighted by molar-refractivity contribution is 9.10. The maximum atomic E-state index is 11.2. The zero-order chi connectivity index (χ0) is 14.8. The summed E-state index contributed by atoms with van der Waals surface area (Å²) in [4.78, 5) is 19.9. The first-order valence-electron chi connectivity index (χ1n) is 6.12. The zero-order valence-corrected chi connectivity index (χ0v) is 12.6. The Morgan fingerprint density at radius 1 is 1.33 bits per heavy atom. The first-order chi connectivity index (χ1) is 10.2. The topological polar surface area (TPSA) is 78.1 Å². The predicted octanol–water partition coefficient (Wildman–Crippen LogP) is 2.76. The molecule has 0 fully saturated rings. The average Bonchev–Trinajstić information content (AvgIpc) is 2.94. The summed E-state index contributed by atoms with van der Waals surface area (Å²) in [6, 6.07) is 9.66. The third kappa shape index (κ3) is 2.78. The van der Waals surface area contributed by atoms with E-state index in [4.69, 9.17) is 4.52 Å². The lowest BCUT2D eigenvalue weighted by molar-refractivity contribution is -0.140. The van der Waals surface area contributed by atoms with Crippen molar-refractivity contribution in [2.75, 3.05) is 7.11 Å². The lowest BCUT2D eigenvalue weighted by Crippen LogP contribution is -2.04. The normalized spacial score (nSPS) is 10.8. The van der Waals surface area contributed by atoms with E-state index in [2.05, 4.69) is 35.8 Å². The van der Waals surface area contributed by atoms with Crippen LogP contribution in [0.4, 0.5) is 0 Å². The highest BCUT2D eigenvalue weighted by atomic mass is 79.9. The fourth-order valence-corrected chi connectivity index (χ4v) is 2.38. The van der Waals surface area contributed by atoms with Gasteiger partial charge in [0.2, 0.25) is 11.7 Å². The Morgan fingerprint density at radius 2 is 2.14 bits per heavy atom. The summed E-state index contributed by atoms with van der Waals surface area (Å²) in [7, 11) is 1.31. The van der Waals surface area contributed by atoms with Crippen LogP contribution in [0.1, 0.15) is 5.89 Å². The molecular weight excluding hydrogens is 338 g/mol. The van der Waals surface area contributed by atoms with Crippen molar-refractivity contribution in [1.82, 2.24) is 15.1 Å². The molecule has 0 radical (unpaired) electrons. The Kier molecular flexibility index (Phi) is 3.66. The monoisotopic (exact) mass is 347 g/mol. The number of hydrogen-bond acceptors (Lipinski definition) is 6. The molecule has 0 saturated heterocycles. The van der Waals surface area contributed by atoms with Crippen LogP contribution in [0.25, 0.3) is 22.4 Å². The van der Waals surface area contributed by atoms with Gasteiger partial charge >= 0.3 is 5.97 Å². The largest absolute Gasteiger partial charge is 0.469 e. The SMILES string of the molecule is COC(=O)Cc1nc(-c2nc3ccccc3cc2Br)no1. The van der Waals surface area contributed by atoms with Gasteiger partial charge in [0.1, 0.15) is 12.1 Å². The van der Waals surface area contributed by atoms with E-state index in [1.165, 1.54) is 7.11 Å². The van der Waals surface area contributed by atoms with Crippen molar-refractivity contribution in [3.05, 3.63) is 40.7 Å². The summed E-state index contributed by atoms with van der Waals surface area (Å²) in [6.07, 6.45) is -0.0608. The lowest BCUT2D eigenvalue weighted by atomic mass is 10.2. The van der Waals surface area contributed by atoms with Gasteiger partial charge in [-0.15, -0.1) is 0 Å². The van der Waals surface area contributed by atoms with Gasteiger partial charge in [-0.2, -0.15) is 4.98 Å².